The molecule has 3 nitrogen and oxygen atoms in total. The lowest BCUT2D eigenvalue weighted by Crippen LogP contribution is -2.04. The Balaban J connectivity index is 1.64. The van der Waals surface area contributed by atoms with Gasteiger partial charge in [0.25, 0.3) is 0 Å². The highest BCUT2D eigenvalue weighted by molar-refractivity contribution is 7.60. The van der Waals surface area contributed by atoms with Crippen molar-refractivity contribution in [1.29, 1.82) is 0 Å². The molecule has 0 aliphatic rings. The lowest BCUT2D eigenvalue weighted by molar-refractivity contribution is 0.387. The van der Waals surface area contributed by atoms with Gasteiger partial charge in [0.2, 0.25) is 0 Å². The fourth-order valence-corrected chi connectivity index (χ4v) is 6.23. The molecule has 0 aliphatic carbocycles. The van der Waals surface area contributed by atoms with E-state index in [1.165, 1.54) is 5.39 Å². The van der Waals surface area contributed by atoms with Gasteiger partial charge in [-0.2, -0.15) is 0 Å². The normalized spacial score (nSPS) is 12.1. The van der Waals surface area contributed by atoms with E-state index in [0.717, 1.165) is 60.0 Å². The van der Waals surface area contributed by atoms with Crippen LogP contribution in [0.15, 0.2) is 127 Å². The van der Waals surface area contributed by atoms with Gasteiger partial charge in [0.1, 0.15) is 0 Å². The van der Waals surface area contributed by atoms with Crippen LogP contribution in [0.25, 0.3) is 65.3 Å². The summed E-state index contributed by atoms with van der Waals surface area (Å²) in [4.78, 5) is 20.2. The standard InChI is InChI=1S/C34H23O3P/c35-38(36,37)28-17-18-31-32(21-28)34(27-16-14-23-8-2-4-10-25(23)20-27)30-12-6-5-11-29(30)33(31)26-15-13-22-7-1-3-9-24(22)19-26/h1-21H,(H2,35,36,37). The van der Waals surface area contributed by atoms with E-state index >= 15 is 0 Å². The number of benzene rings is 7. The van der Waals surface area contributed by atoms with E-state index in [0.29, 0.717) is 0 Å². The average Bonchev–Trinajstić information content (AvgIpc) is 2.94. The molecule has 7 rings (SSSR count). The molecular weight excluding hydrogens is 487 g/mol. The number of fused-ring (bicyclic) bond motifs is 4. The third kappa shape index (κ3) is 3.72. The Kier molecular flexibility index (Phi) is 5.21. The van der Waals surface area contributed by atoms with Crippen molar-refractivity contribution in [2.75, 3.05) is 0 Å². The van der Waals surface area contributed by atoms with Crippen LogP contribution in [-0.4, -0.2) is 9.79 Å². The minimum atomic E-state index is -4.45. The van der Waals surface area contributed by atoms with Crippen LogP contribution >= 0.6 is 7.60 Å². The van der Waals surface area contributed by atoms with Gasteiger partial charge in [-0.15, -0.1) is 0 Å². The summed E-state index contributed by atoms with van der Waals surface area (Å²) in [7, 11) is -4.45. The van der Waals surface area contributed by atoms with E-state index in [4.69, 9.17) is 0 Å². The second-order valence-electron chi connectivity index (χ2n) is 9.69. The molecule has 0 fully saturated rings. The minimum absolute atomic E-state index is 0.0202. The molecule has 7 aromatic rings. The van der Waals surface area contributed by atoms with Gasteiger partial charge in [-0.1, -0.05) is 103 Å². The van der Waals surface area contributed by atoms with Crippen molar-refractivity contribution >= 4 is 56.0 Å². The van der Waals surface area contributed by atoms with Crippen LogP contribution in [0.3, 0.4) is 0 Å². The SMILES string of the molecule is O=P(O)(O)c1ccc2c(-c3ccc4ccccc4c3)c3ccccc3c(-c3ccc4ccccc4c3)c2c1. The molecule has 182 valence electrons. The predicted octanol–water partition coefficient (Wildman–Crippen LogP) is 8.44. The average molecular weight is 511 g/mol. The van der Waals surface area contributed by atoms with Crippen molar-refractivity contribution in [2.24, 2.45) is 0 Å². The van der Waals surface area contributed by atoms with Crippen LogP contribution in [0.1, 0.15) is 0 Å². The summed E-state index contributed by atoms with van der Waals surface area (Å²) in [6, 6.07) is 42.8. The summed E-state index contributed by atoms with van der Waals surface area (Å²) in [6.45, 7) is 0. The topological polar surface area (TPSA) is 57.5 Å². The van der Waals surface area contributed by atoms with Crippen LogP contribution in [0.2, 0.25) is 0 Å². The van der Waals surface area contributed by atoms with Crippen molar-refractivity contribution in [3.8, 4) is 22.3 Å². The second-order valence-corrected chi connectivity index (χ2v) is 11.3. The highest BCUT2D eigenvalue weighted by atomic mass is 31.2. The lowest BCUT2D eigenvalue weighted by atomic mass is 9.85. The van der Waals surface area contributed by atoms with Crippen molar-refractivity contribution in [2.45, 2.75) is 0 Å². The van der Waals surface area contributed by atoms with E-state index in [1.807, 2.05) is 42.5 Å². The molecular formula is C34H23O3P. The second kappa shape index (κ2) is 8.65. The lowest BCUT2D eigenvalue weighted by Gasteiger charge is -2.19. The van der Waals surface area contributed by atoms with E-state index in [1.54, 1.807) is 12.1 Å². The van der Waals surface area contributed by atoms with Gasteiger partial charge in [0, 0.05) is 0 Å². The molecule has 0 saturated carbocycles. The van der Waals surface area contributed by atoms with E-state index < -0.39 is 7.60 Å². The Morgan fingerprint density at radius 3 is 1.39 bits per heavy atom. The van der Waals surface area contributed by atoms with Crippen molar-refractivity contribution in [3.05, 3.63) is 127 Å². The fourth-order valence-electron chi connectivity index (χ4n) is 5.66. The summed E-state index contributed by atoms with van der Waals surface area (Å²) >= 11 is 0. The molecule has 0 radical (unpaired) electrons. The molecule has 0 unspecified atom stereocenters. The third-order valence-corrected chi connectivity index (χ3v) is 8.37. The molecule has 7 aromatic carbocycles. The third-order valence-electron chi connectivity index (χ3n) is 7.42. The van der Waals surface area contributed by atoms with Crippen LogP contribution in [0.5, 0.6) is 0 Å². The molecule has 0 aromatic heterocycles. The van der Waals surface area contributed by atoms with Crippen LogP contribution < -0.4 is 5.30 Å². The Morgan fingerprint density at radius 2 is 0.868 bits per heavy atom. The maximum absolute atomic E-state index is 12.4. The Hall–Kier alpha value is -4.27. The molecule has 4 heteroatoms. The van der Waals surface area contributed by atoms with Crippen molar-refractivity contribution < 1.29 is 14.4 Å². The van der Waals surface area contributed by atoms with Crippen LogP contribution in [0.4, 0.5) is 0 Å². The first-order valence-corrected chi connectivity index (χ1v) is 14.1. The van der Waals surface area contributed by atoms with Gasteiger partial charge >= 0.3 is 7.60 Å². The summed E-state index contributed by atoms with van der Waals surface area (Å²) in [6.07, 6.45) is 0. The summed E-state index contributed by atoms with van der Waals surface area (Å²) in [5.41, 5.74) is 4.11. The van der Waals surface area contributed by atoms with Gasteiger partial charge < -0.3 is 9.79 Å². The summed E-state index contributed by atoms with van der Waals surface area (Å²) in [5, 5.41) is 8.52. The maximum atomic E-state index is 12.4. The molecule has 0 atom stereocenters. The molecule has 0 saturated heterocycles. The van der Waals surface area contributed by atoms with Crippen molar-refractivity contribution in [3.63, 3.8) is 0 Å². The number of hydrogen-bond acceptors (Lipinski definition) is 1. The van der Waals surface area contributed by atoms with Crippen molar-refractivity contribution in [1.82, 2.24) is 0 Å². The monoisotopic (exact) mass is 510 g/mol. The first-order valence-electron chi connectivity index (χ1n) is 12.5. The maximum Gasteiger partial charge on any atom is 0.356 e. The Morgan fingerprint density at radius 1 is 0.421 bits per heavy atom. The molecule has 38 heavy (non-hydrogen) atoms. The molecule has 0 aliphatic heterocycles. The Bertz CT molecular complexity index is 2090. The van der Waals surface area contributed by atoms with E-state index in [-0.39, 0.29) is 5.30 Å². The largest absolute Gasteiger partial charge is 0.356 e. The number of hydrogen-bond donors (Lipinski definition) is 2. The first kappa shape index (κ1) is 22.9. The predicted molar refractivity (Wildman–Crippen MR) is 159 cm³/mol. The summed E-state index contributed by atoms with van der Waals surface area (Å²) in [5.74, 6) is 0. The zero-order valence-corrected chi connectivity index (χ0v) is 21.3. The van der Waals surface area contributed by atoms with Gasteiger partial charge in [-0.3, -0.25) is 4.57 Å². The van der Waals surface area contributed by atoms with Crippen LogP contribution in [-0.2, 0) is 4.57 Å². The smallest absolute Gasteiger partial charge is 0.321 e. The van der Waals surface area contributed by atoms with Gasteiger partial charge in [0.05, 0.1) is 5.30 Å². The highest BCUT2D eigenvalue weighted by Gasteiger charge is 2.22. The van der Waals surface area contributed by atoms with E-state index in [2.05, 4.69) is 72.8 Å². The van der Waals surface area contributed by atoms with Gasteiger partial charge in [-0.05, 0) is 89.6 Å². The molecule has 0 spiro atoms. The Labute approximate surface area is 219 Å². The molecule has 2 N–H and O–H groups in total. The number of rotatable bonds is 3. The molecule has 0 bridgehead atoms. The zero-order chi connectivity index (χ0) is 25.9. The molecule has 0 amide bonds. The summed E-state index contributed by atoms with van der Waals surface area (Å²) < 4.78 is 12.4. The van der Waals surface area contributed by atoms with Gasteiger partial charge in [-0.25, -0.2) is 0 Å². The highest BCUT2D eigenvalue weighted by Crippen LogP contribution is 2.45. The fraction of sp³-hybridized carbons (Fsp3) is 0. The molecule has 0 heterocycles. The van der Waals surface area contributed by atoms with Crippen LogP contribution in [0, 0.1) is 0 Å². The first-order chi connectivity index (χ1) is 18.5. The van der Waals surface area contributed by atoms with E-state index in [9.17, 15) is 14.4 Å². The quantitative estimate of drug-likeness (QED) is 0.185. The minimum Gasteiger partial charge on any atom is -0.321 e. The zero-order valence-electron chi connectivity index (χ0n) is 20.4. The van der Waals surface area contributed by atoms with Gasteiger partial charge in [0.15, 0.2) is 0 Å².